The Kier molecular flexibility index (Phi) is 7.11. The molecule has 1 N–H and O–H groups in total. The molecule has 136 valence electrons. The predicted molar refractivity (Wildman–Crippen MR) is 74.2 cm³/mol. The first-order valence-electron chi connectivity index (χ1n) is 7.10. The van der Waals surface area contributed by atoms with Crippen LogP contribution in [0.25, 0.3) is 0 Å². The summed E-state index contributed by atoms with van der Waals surface area (Å²) in [7, 11) is 0. The standard InChI is InChI=1S/C14H20O10/c1-6(15)20-5-10-11(21-7(2)16)12(22-8(3)17)13(14(19)24-10)23-9(4)18/h10-14,19H,5H2,1-4H3/t10?,11?,12-,13?,14-/m1/s1. The Hall–Kier alpha value is -2.20. The van der Waals surface area contributed by atoms with E-state index < -0.39 is 54.6 Å². The van der Waals surface area contributed by atoms with Gasteiger partial charge in [0.05, 0.1) is 0 Å². The van der Waals surface area contributed by atoms with Crippen molar-refractivity contribution in [3.63, 3.8) is 0 Å². The molecule has 1 aliphatic heterocycles. The van der Waals surface area contributed by atoms with Gasteiger partial charge in [-0.25, -0.2) is 0 Å². The Balaban J connectivity index is 3.11. The zero-order valence-corrected chi connectivity index (χ0v) is 13.7. The van der Waals surface area contributed by atoms with Gasteiger partial charge in [-0.15, -0.1) is 0 Å². The summed E-state index contributed by atoms with van der Waals surface area (Å²) in [5.74, 6) is -2.87. The minimum atomic E-state index is -1.68. The van der Waals surface area contributed by atoms with E-state index in [-0.39, 0.29) is 6.61 Å². The van der Waals surface area contributed by atoms with Crippen molar-refractivity contribution in [2.45, 2.75) is 58.4 Å². The molecule has 1 aliphatic rings. The van der Waals surface area contributed by atoms with Crippen LogP contribution >= 0.6 is 0 Å². The van der Waals surface area contributed by atoms with Gasteiger partial charge in [0, 0.05) is 27.7 Å². The maximum absolute atomic E-state index is 11.3. The Labute approximate surface area is 137 Å². The molecule has 0 aliphatic carbocycles. The smallest absolute Gasteiger partial charge is 0.303 e. The molecule has 24 heavy (non-hydrogen) atoms. The van der Waals surface area contributed by atoms with Crippen LogP contribution < -0.4 is 0 Å². The number of rotatable bonds is 5. The van der Waals surface area contributed by atoms with Gasteiger partial charge in [-0.05, 0) is 0 Å². The minimum Gasteiger partial charge on any atom is -0.463 e. The van der Waals surface area contributed by atoms with Gasteiger partial charge in [0.25, 0.3) is 0 Å². The molecule has 0 amide bonds. The molecule has 1 saturated heterocycles. The second kappa shape index (κ2) is 8.60. The highest BCUT2D eigenvalue weighted by atomic mass is 16.7. The van der Waals surface area contributed by atoms with Crippen molar-refractivity contribution in [3.8, 4) is 0 Å². The lowest BCUT2D eigenvalue weighted by molar-refractivity contribution is -0.296. The van der Waals surface area contributed by atoms with Crippen molar-refractivity contribution in [1.29, 1.82) is 0 Å². The summed E-state index contributed by atoms with van der Waals surface area (Å²) in [6, 6.07) is 0. The summed E-state index contributed by atoms with van der Waals surface area (Å²) in [6.07, 6.45) is -6.79. The van der Waals surface area contributed by atoms with E-state index in [0.29, 0.717) is 0 Å². The summed E-state index contributed by atoms with van der Waals surface area (Å²) < 4.78 is 25.0. The fourth-order valence-electron chi connectivity index (χ4n) is 2.21. The molecule has 1 heterocycles. The van der Waals surface area contributed by atoms with Crippen molar-refractivity contribution in [3.05, 3.63) is 0 Å². The van der Waals surface area contributed by atoms with Crippen molar-refractivity contribution in [1.82, 2.24) is 0 Å². The van der Waals surface area contributed by atoms with Crippen molar-refractivity contribution >= 4 is 23.9 Å². The normalized spacial score (nSPS) is 29.3. The van der Waals surface area contributed by atoms with Crippen LogP contribution in [-0.2, 0) is 42.9 Å². The number of hydrogen-bond donors (Lipinski definition) is 1. The molecule has 1 fully saturated rings. The second-order valence-electron chi connectivity index (χ2n) is 5.09. The molecule has 0 bridgehead atoms. The van der Waals surface area contributed by atoms with Gasteiger partial charge in [-0.2, -0.15) is 0 Å². The van der Waals surface area contributed by atoms with Crippen LogP contribution in [0.5, 0.6) is 0 Å². The second-order valence-corrected chi connectivity index (χ2v) is 5.09. The molecule has 0 aromatic carbocycles. The average molecular weight is 348 g/mol. The highest BCUT2D eigenvalue weighted by Gasteiger charge is 2.51. The van der Waals surface area contributed by atoms with E-state index in [2.05, 4.69) is 0 Å². The number of hydrogen-bond acceptors (Lipinski definition) is 10. The fourth-order valence-corrected chi connectivity index (χ4v) is 2.21. The van der Waals surface area contributed by atoms with Crippen LogP contribution in [0.2, 0.25) is 0 Å². The van der Waals surface area contributed by atoms with Gasteiger partial charge in [-0.3, -0.25) is 19.2 Å². The molecule has 10 heteroatoms. The molecule has 0 spiro atoms. The minimum absolute atomic E-state index is 0.366. The van der Waals surface area contributed by atoms with Gasteiger partial charge in [-0.1, -0.05) is 0 Å². The highest BCUT2D eigenvalue weighted by Crippen LogP contribution is 2.28. The molecule has 0 saturated carbocycles. The third-order valence-electron chi connectivity index (χ3n) is 2.97. The van der Waals surface area contributed by atoms with Crippen molar-refractivity contribution in [2.75, 3.05) is 6.61 Å². The lowest BCUT2D eigenvalue weighted by Gasteiger charge is -2.42. The summed E-state index contributed by atoms with van der Waals surface area (Å²) in [6.45, 7) is 4.09. The summed E-state index contributed by atoms with van der Waals surface area (Å²) in [5, 5.41) is 10.0. The molecule has 5 atom stereocenters. The van der Waals surface area contributed by atoms with E-state index in [0.717, 1.165) is 27.7 Å². The number of aliphatic hydroxyl groups is 1. The van der Waals surface area contributed by atoms with Gasteiger partial charge in [0.1, 0.15) is 12.7 Å². The topological polar surface area (TPSA) is 135 Å². The van der Waals surface area contributed by atoms with Gasteiger partial charge in [0.2, 0.25) is 0 Å². The zero-order valence-electron chi connectivity index (χ0n) is 13.7. The number of aliphatic hydroxyl groups excluding tert-OH is 1. The third-order valence-corrected chi connectivity index (χ3v) is 2.97. The Morgan fingerprint density at radius 3 is 1.71 bits per heavy atom. The fraction of sp³-hybridized carbons (Fsp3) is 0.714. The first-order chi connectivity index (χ1) is 11.1. The van der Waals surface area contributed by atoms with Crippen LogP contribution in [0.1, 0.15) is 27.7 Å². The maximum Gasteiger partial charge on any atom is 0.303 e. The molecule has 1 rings (SSSR count). The van der Waals surface area contributed by atoms with Crippen LogP contribution in [-0.4, -0.2) is 66.3 Å². The van der Waals surface area contributed by atoms with E-state index in [1.54, 1.807) is 0 Å². The number of carbonyl (C=O) groups excluding carboxylic acids is 4. The number of ether oxygens (including phenoxy) is 5. The predicted octanol–water partition coefficient (Wildman–Crippen LogP) is -0.938. The molecule has 3 unspecified atom stereocenters. The van der Waals surface area contributed by atoms with E-state index in [9.17, 15) is 24.3 Å². The lowest BCUT2D eigenvalue weighted by Crippen LogP contribution is -2.62. The van der Waals surface area contributed by atoms with Gasteiger partial charge >= 0.3 is 23.9 Å². The molecular weight excluding hydrogens is 328 g/mol. The monoisotopic (exact) mass is 348 g/mol. The van der Waals surface area contributed by atoms with Crippen LogP contribution in [0.3, 0.4) is 0 Å². The van der Waals surface area contributed by atoms with Crippen LogP contribution in [0.15, 0.2) is 0 Å². The first-order valence-corrected chi connectivity index (χ1v) is 7.10. The lowest BCUT2D eigenvalue weighted by atomic mass is 9.98. The zero-order chi connectivity index (χ0) is 18.4. The molecule has 0 aromatic rings. The van der Waals surface area contributed by atoms with E-state index >= 15 is 0 Å². The number of carbonyl (C=O) groups is 4. The van der Waals surface area contributed by atoms with Gasteiger partial charge in [0.15, 0.2) is 24.6 Å². The highest BCUT2D eigenvalue weighted by molar-refractivity contribution is 5.68. The largest absolute Gasteiger partial charge is 0.463 e. The van der Waals surface area contributed by atoms with E-state index in [4.69, 9.17) is 23.7 Å². The Morgan fingerprint density at radius 1 is 0.792 bits per heavy atom. The van der Waals surface area contributed by atoms with Crippen LogP contribution in [0, 0.1) is 0 Å². The molecule has 0 aromatic heterocycles. The summed E-state index contributed by atoms with van der Waals surface area (Å²) in [4.78, 5) is 44.9. The van der Waals surface area contributed by atoms with Crippen molar-refractivity contribution in [2.24, 2.45) is 0 Å². The SMILES string of the molecule is CC(=O)OCC1O[C@@H](O)C(OC(C)=O)[C@H](OC(C)=O)C1OC(C)=O. The van der Waals surface area contributed by atoms with Gasteiger partial charge < -0.3 is 28.8 Å². The maximum atomic E-state index is 11.3. The van der Waals surface area contributed by atoms with E-state index in [1.807, 2.05) is 0 Å². The first kappa shape index (κ1) is 19.8. The van der Waals surface area contributed by atoms with Crippen LogP contribution in [0.4, 0.5) is 0 Å². The quantitative estimate of drug-likeness (QED) is 0.490. The third kappa shape index (κ3) is 5.78. The Bertz CT molecular complexity index is 502. The average Bonchev–Trinajstić information content (AvgIpc) is 2.42. The summed E-state index contributed by atoms with van der Waals surface area (Å²) >= 11 is 0. The molecular formula is C14H20O10. The summed E-state index contributed by atoms with van der Waals surface area (Å²) in [5.41, 5.74) is 0. The molecule has 0 radical (unpaired) electrons. The Morgan fingerprint density at radius 2 is 1.25 bits per heavy atom. The van der Waals surface area contributed by atoms with Crippen molar-refractivity contribution < 1.29 is 48.0 Å². The molecule has 10 nitrogen and oxygen atoms in total. The number of esters is 4. The van der Waals surface area contributed by atoms with E-state index in [1.165, 1.54) is 0 Å².